The Morgan fingerprint density at radius 1 is 1.09 bits per heavy atom. The van der Waals surface area contributed by atoms with Crippen LogP contribution in [0.3, 0.4) is 0 Å². The van der Waals surface area contributed by atoms with E-state index in [0.717, 1.165) is 44.2 Å². The third-order valence-electron chi connectivity index (χ3n) is 4.04. The SMILES string of the molecule is CCn1ccnc1N1CCN(Cc2ccccc2F)CC1.Cl.Cl. The molecule has 0 bridgehead atoms. The molecular formula is C16H23Cl2FN4. The van der Waals surface area contributed by atoms with Crippen molar-refractivity contribution >= 4 is 30.8 Å². The van der Waals surface area contributed by atoms with Crippen molar-refractivity contribution in [1.29, 1.82) is 0 Å². The number of imidazole rings is 1. The molecule has 2 aromatic rings. The second kappa shape index (κ2) is 9.11. The Morgan fingerprint density at radius 3 is 2.43 bits per heavy atom. The van der Waals surface area contributed by atoms with Crippen molar-refractivity contribution in [2.24, 2.45) is 0 Å². The van der Waals surface area contributed by atoms with E-state index in [2.05, 4.69) is 26.3 Å². The molecule has 4 nitrogen and oxygen atoms in total. The molecule has 0 atom stereocenters. The average molecular weight is 361 g/mol. The molecule has 1 saturated heterocycles. The molecule has 0 spiro atoms. The predicted octanol–water partition coefficient (Wildman–Crippen LogP) is 3.21. The van der Waals surface area contributed by atoms with Gasteiger partial charge in [-0.2, -0.15) is 0 Å². The first-order valence-electron chi connectivity index (χ1n) is 7.49. The average Bonchev–Trinajstić information content (AvgIpc) is 2.99. The molecule has 0 saturated carbocycles. The lowest BCUT2D eigenvalue weighted by molar-refractivity contribution is 0.245. The number of aromatic nitrogens is 2. The van der Waals surface area contributed by atoms with Crippen LogP contribution in [0, 0.1) is 5.82 Å². The number of nitrogens with zero attached hydrogens (tertiary/aromatic N) is 4. The molecule has 0 radical (unpaired) electrons. The van der Waals surface area contributed by atoms with Gasteiger partial charge in [0.05, 0.1) is 0 Å². The van der Waals surface area contributed by atoms with Gasteiger partial charge in [0.25, 0.3) is 0 Å². The Kier molecular flexibility index (Phi) is 7.82. The van der Waals surface area contributed by atoms with E-state index >= 15 is 0 Å². The Hall–Kier alpha value is -1.30. The Balaban J connectivity index is 0.00000132. The summed E-state index contributed by atoms with van der Waals surface area (Å²) in [7, 11) is 0. The van der Waals surface area contributed by atoms with Crippen LogP contribution in [0.25, 0.3) is 0 Å². The molecular weight excluding hydrogens is 338 g/mol. The van der Waals surface area contributed by atoms with Gasteiger partial charge in [-0.15, -0.1) is 24.8 Å². The van der Waals surface area contributed by atoms with Crippen molar-refractivity contribution in [3.63, 3.8) is 0 Å². The summed E-state index contributed by atoms with van der Waals surface area (Å²) in [5, 5.41) is 0. The number of hydrogen-bond acceptors (Lipinski definition) is 3. The number of hydrogen-bond donors (Lipinski definition) is 0. The summed E-state index contributed by atoms with van der Waals surface area (Å²) in [5.74, 6) is 0.935. The van der Waals surface area contributed by atoms with Crippen molar-refractivity contribution in [2.75, 3.05) is 31.1 Å². The monoisotopic (exact) mass is 360 g/mol. The van der Waals surface area contributed by atoms with Gasteiger partial charge in [-0.25, -0.2) is 9.37 Å². The highest BCUT2D eigenvalue weighted by molar-refractivity contribution is 5.85. The van der Waals surface area contributed by atoms with Crippen LogP contribution in [-0.2, 0) is 13.1 Å². The Morgan fingerprint density at radius 2 is 1.78 bits per heavy atom. The van der Waals surface area contributed by atoms with Crippen molar-refractivity contribution in [2.45, 2.75) is 20.0 Å². The van der Waals surface area contributed by atoms with E-state index < -0.39 is 0 Å². The maximum atomic E-state index is 13.7. The quantitative estimate of drug-likeness (QED) is 0.836. The highest BCUT2D eigenvalue weighted by atomic mass is 35.5. The molecule has 7 heteroatoms. The lowest BCUT2D eigenvalue weighted by Gasteiger charge is -2.35. The van der Waals surface area contributed by atoms with Crippen LogP contribution in [0.4, 0.5) is 10.3 Å². The fraction of sp³-hybridized carbons (Fsp3) is 0.438. The first-order valence-corrected chi connectivity index (χ1v) is 7.49. The molecule has 1 aliphatic heterocycles. The molecule has 1 aromatic heterocycles. The van der Waals surface area contributed by atoms with Gasteiger partial charge in [0.2, 0.25) is 5.95 Å². The van der Waals surface area contributed by atoms with E-state index in [9.17, 15) is 4.39 Å². The third-order valence-corrected chi connectivity index (χ3v) is 4.04. The van der Waals surface area contributed by atoms with Crippen LogP contribution in [0.1, 0.15) is 12.5 Å². The fourth-order valence-corrected chi connectivity index (χ4v) is 2.80. The zero-order valence-electron chi connectivity index (χ0n) is 13.2. The highest BCUT2D eigenvalue weighted by Gasteiger charge is 2.20. The molecule has 23 heavy (non-hydrogen) atoms. The van der Waals surface area contributed by atoms with Crippen LogP contribution < -0.4 is 4.90 Å². The summed E-state index contributed by atoms with van der Waals surface area (Å²) in [6, 6.07) is 7.03. The second-order valence-corrected chi connectivity index (χ2v) is 5.37. The van der Waals surface area contributed by atoms with E-state index in [-0.39, 0.29) is 30.6 Å². The second-order valence-electron chi connectivity index (χ2n) is 5.37. The summed E-state index contributed by atoms with van der Waals surface area (Å²) in [6.07, 6.45) is 3.87. The normalized spacial score (nSPS) is 15.0. The maximum Gasteiger partial charge on any atom is 0.205 e. The largest absolute Gasteiger partial charge is 0.340 e. The minimum absolute atomic E-state index is 0. The molecule has 1 aliphatic rings. The molecule has 0 aliphatic carbocycles. The summed E-state index contributed by atoms with van der Waals surface area (Å²) < 4.78 is 15.9. The van der Waals surface area contributed by atoms with Crippen LogP contribution >= 0.6 is 24.8 Å². The molecule has 2 heterocycles. The van der Waals surface area contributed by atoms with Gasteiger partial charge in [0.1, 0.15) is 5.82 Å². The van der Waals surface area contributed by atoms with Gasteiger partial charge in [-0.05, 0) is 13.0 Å². The van der Waals surface area contributed by atoms with Gasteiger partial charge in [0.15, 0.2) is 0 Å². The van der Waals surface area contributed by atoms with E-state index in [0.29, 0.717) is 6.54 Å². The third kappa shape index (κ3) is 4.59. The lowest BCUT2D eigenvalue weighted by atomic mass is 10.2. The summed E-state index contributed by atoms with van der Waals surface area (Å²) >= 11 is 0. The summed E-state index contributed by atoms with van der Waals surface area (Å²) in [5.41, 5.74) is 0.779. The van der Waals surface area contributed by atoms with Gasteiger partial charge >= 0.3 is 0 Å². The molecule has 1 aromatic carbocycles. The fourth-order valence-electron chi connectivity index (χ4n) is 2.80. The molecule has 3 rings (SSSR count). The standard InChI is InChI=1S/C16H21FN4.2ClH/c1-2-20-8-7-18-16(20)21-11-9-19(10-12-21)13-14-5-3-4-6-15(14)17;;/h3-8H,2,9-13H2,1H3;2*1H. The van der Waals surface area contributed by atoms with Gasteiger partial charge < -0.3 is 9.47 Å². The minimum Gasteiger partial charge on any atom is -0.340 e. The molecule has 128 valence electrons. The molecule has 1 fully saturated rings. The maximum absolute atomic E-state index is 13.7. The lowest BCUT2D eigenvalue weighted by Crippen LogP contribution is -2.46. The number of halogens is 3. The number of rotatable bonds is 4. The van der Waals surface area contributed by atoms with Crippen LogP contribution in [0.5, 0.6) is 0 Å². The first-order chi connectivity index (χ1) is 10.3. The van der Waals surface area contributed by atoms with Crippen molar-refractivity contribution in [1.82, 2.24) is 14.5 Å². The van der Waals surface area contributed by atoms with Crippen molar-refractivity contribution in [3.05, 3.63) is 48.0 Å². The van der Waals surface area contributed by atoms with Crippen LogP contribution in [0.2, 0.25) is 0 Å². The number of benzene rings is 1. The minimum atomic E-state index is -0.110. The van der Waals surface area contributed by atoms with E-state index in [1.165, 1.54) is 6.07 Å². The van der Waals surface area contributed by atoms with Crippen molar-refractivity contribution in [3.8, 4) is 0 Å². The van der Waals surface area contributed by atoms with E-state index in [1.807, 2.05) is 24.5 Å². The predicted molar refractivity (Wildman–Crippen MR) is 96.3 cm³/mol. The van der Waals surface area contributed by atoms with Crippen LogP contribution in [0.15, 0.2) is 36.7 Å². The Bertz CT molecular complexity index is 597. The molecule has 0 unspecified atom stereocenters. The van der Waals surface area contributed by atoms with E-state index in [4.69, 9.17) is 0 Å². The first kappa shape index (κ1) is 19.7. The zero-order valence-corrected chi connectivity index (χ0v) is 14.8. The summed E-state index contributed by atoms with van der Waals surface area (Å²) in [6.45, 7) is 7.49. The number of piperazine rings is 1. The van der Waals surface area contributed by atoms with Crippen molar-refractivity contribution < 1.29 is 4.39 Å². The van der Waals surface area contributed by atoms with Gasteiger partial charge in [0, 0.05) is 57.2 Å². The Labute approximate surface area is 149 Å². The van der Waals surface area contributed by atoms with Crippen LogP contribution in [-0.4, -0.2) is 40.6 Å². The van der Waals surface area contributed by atoms with Gasteiger partial charge in [-0.1, -0.05) is 18.2 Å². The summed E-state index contributed by atoms with van der Waals surface area (Å²) in [4.78, 5) is 9.05. The molecule has 0 amide bonds. The number of anilines is 1. The molecule has 0 N–H and O–H groups in total. The van der Waals surface area contributed by atoms with E-state index in [1.54, 1.807) is 6.07 Å². The smallest absolute Gasteiger partial charge is 0.205 e. The topological polar surface area (TPSA) is 24.3 Å². The highest BCUT2D eigenvalue weighted by Crippen LogP contribution is 2.16. The zero-order chi connectivity index (χ0) is 14.7. The van der Waals surface area contributed by atoms with Gasteiger partial charge in [-0.3, -0.25) is 4.90 Å². The number of aryl methyl sites for hydroxylation is 1.